The van der Waals surface area contributed by atoms with Crippen LogP contribution >= 0.6 is 0 Å². The molecule has 0 radical (unpaired) electrons. The molecule has 0 unspecified atom stereocenters. The zero-order valence-corrected chi connectivity index (χ0v) is 46.0. The lowest BCUT2D eigenvalue weighted by molar-refractivity contribution is 0.0695. The van der Waals surface area contributed by atoms with Crippen LogP contribution in [0.2, 0.25) is 0 Å². The van der Waals surface area contributed by atoms with E-state index in [1.165, 1.54) is 25.7 Å². The van der Waals surface area contributed by atoms with E-state index < -0.39 is 5.97 Å². The van der Waals surface area contributed by atoms with Gasteiger partial charge in [0.25, 0.3) is 5.91 Å². The van der Waals surface area contributed by atoms with Gasteiger partial charge in [-0.05, 0) is 122 Å². The molecule has 8 aromatic rings. The number of carboxylic acids is 1. The quantitative estimate of drug-likeness (QED) is 0.0500. The summed E-state index contributed by atoms with van der Waals surface area (Å²) in [4.78, 5) is 34.6. The molecule has 4 aromatic heterocycles. The van der Waals surface area contributed by atoms with Crippen LogP contribution < -0.4 is 20.1 Å². The minimum atomic E-state index is -1.04. The van der Waals surface area contributed by atoms with Crippen LogP contribution in [-0.4, -0.2) is 122 Å². The molecule has 2 aliphatic rings. The first-order valence-corrected chi connectivity index (χ1v) is 27.1. The summed E-state index contributed by atoms with van der Waals surface area (Å²) in [6.45, 7) is 5.84. The Morgan fingerprint density at radius 3 is 1.52 bits per heavy atom. The van der Waals surface area contributed by atoms with Gasteiger partial charge in [-0.2, -0.15) is 10.5 Å². The van der Waals surface area contributed by atoms with Crippen LogP contribution in [0.5, 0.6) is 11.5 Å². The number of nitrogens with one attached hydrogen (secondary N) is 2. The Labute approximate surface area is 470 Å². The number of aromatic carboxylic acids is 1. The van der Waals surface area contributed by atoms with Gasteiger partial charge < -0.3 is 58.6 Å². The Morgan fingerprint density at radius 1 is 0.630 bits per heavy atom. The van der Waals surface area contributed by atoms with Gasteiger partial charge in [-0.25, -0.2) is 4.79 Å². The summed E-state index contributed by atoms with van der Waals surface area (Å²) in [5.74, 6) is 0.754. The number of rotatable bonds is 18. The molecule has 18 heteroatoms. The van der Waals surface area contributed by atoms with Gasteiger partial charge in [0.05, 0.1) is 53.4 Å². The Balaban J connectivity index is 0.000000194. The average molecular weight is 1100 g/mol. The van der Waals surface area contributed by atoms with E-state index in [9.17, 15) is 25.2 Å². The monoisotopic (exact) mass is 1100 g/mol. The molecule has 0 spiro atoms. The lowest BCUT2D eigenvalue weighted by atomic mass is 10.0. The minimum absolute atomic E-state index is 0.0249. The third-order valence-corrected chi connectivity index (χ3v) is 14.1. The third-order valence-electron chi connectivity index (χ3n) is 14.1. The smallest absolute Gasteiger partial charge is 0.335 e. The number of nitriles is 2. The van der Waals surface area contributed by atoms with Gasteiger partial charge >= 0.3 is 5.97 Å². The van der Waals surface area contributed by atoms with Crippen molar-refractivity contribution in [1.29, 1.82) is 10.5 Å². The zero-order chi connectivity index (χ0) is 57.3. The number of pyridine rings is 2. The Morgan fingerprint density at radius 2 is 1.10 bits per heavy atom. The lowest BCUT2D eigenvalue weighted by Gasteiger charge is -2.24. The van der Waals surface area contributed by atoms with Gasteiger partial charge in [-0.3, -0.25) is 14.8 Å². The second kappa shape index (κ2) is 28.4. The van der Waals surface area contributed by atoms with Crippen molar-refractivity contribution in [3.05, 3.63) is 132 Å². The van der Waals surface area contributed by atoms with Crippen molar-refractivity contribution in [3.8, 4) is 68.5 Å². The molecule has 0 aliphatic carbocycles. The molecule has 2 saturated heterocycles. The van der Waals surface area contributed by atoms with E-state index in [-0.39, 0.29) is 30.2 Å². The van der Waals surface area contributed by atoms with Crippen molar-refractivity contribution in [1.82, 2.24) is 14.9 Å². The fourth-order valence-electron chi connectivity index (χ4n) is 9.63. The number of hydrogen-bond acceptors (Lipinski definition) is 16. The van der Waals surface area contributed by atoms with Gasteiger partial charge in [0, 0.05) is 107 Å². The maximum Gasteiger partial charge on any atom is 0.335 e. The predicted octanol–water partition coefficient (Wildman–Crippen LogP) is 11.6. The van der Waals surface area contributed by atoms with Crippen LogP contribution in [0.3, 0.4) is 0 Å². The number of furan rings is 2. The standard InChI is InChI=1S/C31H32N4O5.C27H23N3O5.C5H12O/c1-35(12-3-13-36)31(37)21-4-6-25(28(17-21)38-2)29-18-27-30(40-29)24(8-11-33-27)20-5-7-26(22(16-20)19-32)34-23-9-14-39-15-10-23;1-33-24-13-17(27(31)32)2-4-21(24)25-14-23-26(35-25)20(6-9-29-23)16-3-5-22(18(12-16)15-28)30-19-7-10-34-11-8-19;1-2-3-4-5-6/h4-8,11,16-18,23,34,36H,3,9-10,12-15H2,1-2H3;2-6,9,12-14,19,30H,7-8,10-11H2,1H3,(H,31,32);6H,2-5H2,1H3. The van der Waals surface area contributed by atoms with Gasteiger partial charge in [-0.1, -0.05) is 31.9 Å². The number of aromatic nitrogens is 2. The van der Waals surface area contributed by atoms with Crippen molar-refractivity contribution in [2.45, 2.75) is 70.4 Å². The molecule has 18 nitrogen and oxygen atoms in total. The maximum atomic E-state index is 12.8. The lowest BCUT2D eigenvalue weighted by Crippen LogP contribution is -2.28. The number of hydrogen-bond donors (Lipinski definition) is 5. The number of amides is 1. The zero-order valence-electron chi connectivity index (χ0n) is 46.0. The Bertz CT molecular complexity index is 3530. The number of methoxy groups -OCH3 is 2. The fraction of sp³-hybridized carbons (Fsp3) is 0.333. The van der Waals surface area contributed by atoms with E-state index in [4.69, 9.17) is 38.0 Å². The highest BCUT2D eigenvalue weighted by molar-refractivity contribution is 5.97. The largest absolute Gasteiger partial charge is 0.496 e. The van der Waals surface area contributed by atoms with E-state index >= 15 is 0 Å². The number of aliphatic hydroxyl groups is 2. The highest BCUT2D eigenvalue weighted by Crippen LogP contribution is 2.40. The number of benzene rings is 4. The SMILES string of the molecule is CCCCCO.COc1cc(C(=O)N(C)CCCO)ccc1-c1cc2nccc(-c3ccc(NC4CCOCC4)c(C#N)c3)c2o1.COc1cc(C(=O)O)ccc1-c1cc2nccc(-c3ccc(NC4CCOCC4)c(C#N)c3)c2o1. The number of nitrogens with zero attached hydrogens (tertiary/aromatic N) is 5. The van der Waals surface area contributed by atoms with Crippen molar-refractivity contribution in [3.63, 3.8) is 0 Å². The van der Waals surface area contributed by atoms with Crippen LogP contribution in [0.25, 0.3) is 67.1 Å². The molecule has 2 fully saturated rings. The molecule has 4 aromatic carbocycles. The number of ether oxygens (including phenoxy) is 4. The summed E-state index contributed by atoms with van der Waals surface area (Å²) >= 11 is 0. The van der Waals surface area contributed by atoms with Crippen LogP contribution in [0.15, 0.2) is 118 Å². The normalized spacial score (nSPS) is 13.4. The molecule has 1 amide bonds. The first-order chi connectivity index (χ1) is 39.5. The summed E-state index contributed by atoms with van der Waals surface area (Å²) in [5.41, 5.74) is 10.4. The topological polar surface area (TPSA) is 259 Å². The fourth-order valence-corrected chi connectivity index (χ4v) is 9.63. The number of fused-ring (bicyclic) bond motifs is 2. The number of anilines is 2. The summed E-state index contributed by atoms with van der Waals surface area (Å²) in [7, 11) is 4.74. The van der Waals surface area contributed by atoms with Gasteiger partial charge in [0.2, 0.25) is 0 Å². The molecule has 0 saturated carbocycles. The second-order valence-electron chi connectivity index (χ2n) is 19.5. The van der Waals surface area contributed by atoms with Gasteiger partial charge in [-0.15, -0.1) is 0 Å². The van der Waals surface area contributed by atoms with Crippen LogP contribution in [0.4, 0.5) is 11.4 Å². The minimum Gasteiger partial charge on any atom is -0.496 e. The molecular weight excluding hydrogens is 1030 g/mol. The number of unbranched alkanes of at least 4 members (excludes halogenated alkanes) is 2. The van der Waals surface area contributed by atoms with E-state index in [1.54, 1.807) is 61.8 Å². The average Bonchev–Trinajstić information content (AvgIpc) is 4.27. The highest BCUT2D eigenvalue weighted by Gasteiger charge is 2.23. The molecule has 10 rings (SSSR count). The summed E-state index contributed by atoms with van der Waals surface area (Å²) in [5, 5.41) is 53.2. The third kappa shape index (κ3) is 14.3. The molecule has 5 N–H and O–H groups in total. The molecule has 0 bridgehead atoms. The predicted molar refractivity (Wildman–Crippen MR) is 309 cm³/mol. The number of carbonyl (C=O) groups excluding carboxylic acids is 1. The van der Waals surface area contributed by atoms with E-state index in [2.05, 4.69) is 39.7 Å². The van der Waals surface area contributed by atoms with Crippen LogP contribution in [-0.2, 0) is 9.47 Å². The molecule has 0 atom stereocenters. The number of carboxylic acid groups (broad SMARTS) is 1. The summed E-state index contributed by atoms with van der Waals surface area (Å²) < 4.78 is 34.4. The summed E-state index contributed by atoms with van der Waals surface area (Å²) in [6.07, 6.45) is 10.9. The molecule has 2 aliphatic heterocycles. The Kier molecular flexibility index (Phi) is 20.5. The maximum absolute atomic E-state index is 12.8. The highest BCUT2D eigenvalue weighted by atomic mass is 16.5. The van der Waals surface area contributed by atoms with E-state index in [0.717, 1.165) is 98.6 Å². The van der Waals surface area contributed by atoms with Gasteiger partial charge in [0.1, 0.15) is 46.2 Å². The first-order valence-electron chi connectivity index (χ1n) is 27.1. The number of carbonyl (C=O) groups is 2. The molecule has 6 heterocycles. The summed E-state index contributed by atoms with van der Waals surface area (Å²) in [6, 6.07) is 33.9. The van der Waals surface area contributed by atoms with Crippen LogP contribution in [0, 0.1) is 22.7 Å². The van der Waals surface area contributed by atoms with Crippen molar-refractivity contribution >= 4 is 45.5 Å². The van der Waals surface area contributed by atoms with Crippen molar-refractivity contribution in [2.75, 3.05) is 78.1 Å². The van der Waals surface area contributed by atoms with Crippen LogP contribution in [0.1, 0.15) is 90.1 Å². The number of aliphatic hydroxyl groups excluding tert-OH is 2. The first kappa shape index (κ1) is 58.4. The van der Waals surface area contributed by atoms with Crippen molar-refractivity contribution < 1.29 is 52.7 Å². The Hall–Kier alpha value is -8.78. The van der Waals surface area contributed by atoms with E-state index in [0.29, 0.717) is 92.6 Å². The van der Waals surface area contributed by atoms with Crippen molar-refractivity contribution in [2.24, 2.45) is 0 Å². The van der Waals surface area contributed by atoms with E-state index in [1.807, 2.05) is 54.6 Å². The molecular formula is C63H67N7O11. The molecule has 81 heavy (non-hydrogen) atoms. The second-order valence-corrected chi connectivity index (χ2v) is 19.5. The molecule has 420 valence electrons. The van der Waals surface area contributed by atoms with Gasteiger partial charge in [0.15, 0.2) is 11.2 Å².